The highest BCUT2D eigenvalue weighted by Gasteiger charge is 2.29. The molecule has 0 radical (unpaired) electrons. The molecule has 0 heterocycles. The summed E-state index contributed by atoms with van der Waals surface area (Å²) in [5, 5.41) is 5.52. The van der Waals surface area contributed by atoms with Crippen molar-refractivity contribution in [1.29, 1.82) is 0 Å². The zero-order valence-corrected chi connectivity index (χ0v) is 11.3. The largest absolute Gasteiger partial charge is 0.392 e. The van der Waals surface area contributed by atoms with Crippen LogP contribution in [0.5, 0.6) is 0 Å². The zero-order valence-electron chi connectivity index (χ0n) is 9.69. The Hall–Kier alpha value is -0.820. The molecule has 7 heteroatoms. The molecule has 5 nitrogen and oxygen atoms in total. The van der Waals surface area contributed by atoms with Crippen molar-refractivity contribution in [2.75, 3.05) is 12.8 Å². The maximum absolute atomic E-state index is 11.6. The van der Waals surface area contributed by atoms with Crippen LogP contribution in [0.25, 0.3) is 0 Å². The van der Waals surface area contributed by atoms with Gasteiger partial charge in [-0.05, 0) is 19.1 Å². The van der Waals surface area contributed by atoms with Crippen LogP contribution < -0.4 is 16.4 Å². The lowest BCUT2D eigenvalue weighted by atomic mass is 10.2. The summed E-state index contributed by atoms with van der Waals surface area (Å²) in [7, 11) is 0. The smallest absolute Gasteiger partial charge is 0.309 e. The minimum absolute atomic E-state index is 0.0538. The lowest BCUT2D eigenvalue weighted by molar-refractivity contribution is -0.139. The second-order valence-electron chi connectivity index (χ2n) is 3.93. The third-order valence-corrected chi connectivity index (χ3v) is 4.02. The summed E-state index contributed by atoms with van der Waals surface area (Å²) in [4.78, 5) is 23.1. The summed E-state index contributed by atoms with van der Waals surface area (Å²) in [5.41, 5.74) is 5.23. The number of carbonyl (C=O) groups excluding carboxylic acids is 2. The molecule has 4 N–H and O–H groups in total. The average Bonchev–Trinajstić information content (AvgIpc) is 2.72. The summed E-state index contributed by atoms with van der Waals surface area (Å²) in [6, 6.07) is 0.0908. The van der Waals surface area contributed by atoms with Crippen LogP contribution in [0.1, 0.15) is 19.3 Å². The molecule has 1 rings (SSSR count). The predicted molar refractivity (Wildman–Crippen MR) is 72.9 cm³/mol. The second kappa shape index (κ2) is 6.80. The molecule has 0 saturated heterocycles. The molecule has 1 fully saturated rings. The van der Waals surface area contributed by atoms with Gasteiger partial charge in [0.2, 0.25) is 0 Å². The number of thioether (sulfide) groups is 1. The van der Waals surface area contributed by atoms with Crippen LogP contribution in [0.2, 0.25) is 0 Å². The van der Waals surface area contributed by atoms with Crippen molar-refractivity contribution >= 4 is 40.8 Å². The fourth-order valence-corrected chi connectivity index (χ4v) is 2.86. The molecule has 2 atom stereocenters. The Labute approximate surface area is 110 Å². The molecule has 0 aliphatic heterocycles. The Morgan fingerprint density at radius 2 is 2.12 bits per heavy atom. The van der Waals surface area contributed by atoms with E-state index in [1.54, 1.807) is 11.8 Å². The molecular formula is C10H17N3O2S2. The van der Waals surface area contributed by atoms with Gasteiger partial charge in [-0.2, -0.15) is 11.8 Å². The van der Waals surface area contributed by atoms with Crippen molar-refractivity contribution in [2.45, 2.75) is 30.6 Å². The maximum atomic E-state index is 11.6. The van der Waals surface area contributed by atoms with E-state index in [4.69, 9.17) is 5.73 Å². The van der Waals surface area contributed by atoms with E-state index < -0.39 is 11.8 Å². The minimum atomic E-state index is -0.676. The van der Waals surface area contributed by atoms with E-state index in [9.17, 15) is 9.59 Å². The lowest BCUT2D eigenvalue weighted by Gasteiger charge is -2.18. The zero-order chi connectivity index (χ0) is 12.8. The highest BCUT2D eigenvalue weighted by atomic mass is 32.2. The number of rotatable bonds is 4. The average molecular weight is 275 g/mol. The van der Waals surface area contributed by atoms with E-state index in [-0.39, 0.29) is 17.6 Å². The molecule has 17 heavy (non-hydrogen) atoms. The van der Waals surface area contributed by atoms with E-state index in [1.807, 2.05) is 6.26 Å². The molecule has 1 aliphatic rings. The molecule has 0 bridgehead atoms. The Kier molecular flexibility index (Phi) is 5.70. The quantitative estimate of drug-likeness (QED) is 0.488. The minimum Gasteiger partial charge on any atom is -0.392 e. The molecule has 1 aliphatic carbocycles. The number of thiocarbonyl (C=S) groups is 1. The van der Waals surface area contributed by atoms with Gasteiger partial charge >= 0.3 is 11.8 Å². The standard InChI is InChI=1S/C10H17N3O2S2/c1-17-7-4-2-3-6(7)13-10(15)9(14)12-5-8(11)16/h6-7H,2-5H2,1H3,(H2,11,16)(H,12,14)(H,13,15). The van der Waals surface area contributed by atoms with Crippen molar-refractivity contribution in [1.82, 2.24) is 10.6 Å². The molecule has 2 unspecified atom stereocenters. The van der Waals surface area contributed by atoms with Crippen LogP contribution in [0.3, 0.4) is 0 Å². The van der Waals surface area contributed by atoms with Gasteiger partial charge in [-0.3, -0.25) is 9.59 Å². The number of hydrogen-bond donors (Lipinski definition) is 3. The summed E-state index contributed by atoms with van der Waals surface area (Å²) in [6.45, 7) is 0.0538. The highest BCUT2D eigenvalue weighted by Crippen LogP contribution is 2.28. The molecule has 1 saturated carbocycles. The van der Waals surface area contributed by atoms with E-state index in [0.29, 0.717) is 5.25 Å². The fourth-order valence-electron chi connectivity index (χ4n) is 1.85. The van der Waals surface area contributed by atoms with Crippen LogP contribution in [0.15, 0.2) is 0 Å². The predicted octanol–water partition coefficient (Wildman–Crippen LogP) is -0.211. The first-order chi connectivity index (χ1) is 8.04. The van der Waals surface area contributed by atoms with E-state index >= 15 is 0 Å². The van der Waals surface area contributed by atoms with Crippen molar-refractivity contribution in [3.63, 3.8) is 0 Å². The molecule has 0 aromatic heterocycles. The van der Waals surface area contributed by atoms with Crippen molar-refractivity contribution < 1.29 is 9.59 Å². The topological polar surface area (TPSA) is 84.2 Å². The van der Waals surface area contributed by atoms with Gasteiger partial charge in [-0.25, -0.2) is 0 Å². The Morgan fingerprint density at radius 3 is 2.71 bits per heavy atom. The van der Waals surface area contributed by atoms with Gasteiger partial charge in [0.05, 0.1) is 11.5 Å². The third kappa shape index (κ3) is 4.51. The Balaban J connectivity index is 2.37. The van der Waals surface area contributed by atoms with Gasteiger partial charge in [-0.1, -0.05) is 18.6 Å². The third-order valence-electron chi connectivity index (χ3n) is 2.70. The van der Waals surface area contributed by atoms with Crippen molar-refractivity contribution in [3.05, 3.63) is 0 Å². The Morgan fingerprint density at radius 1 is 1.41 bits per heavy atom. The Bertz CT molecular complexity index is 323. The monoisotopic (exact) mass is 275 g/mol. The second-order valence-corrected chi connectivity index (χ2v) is 5.54. The van der Waals surface area contributed by atoms with Gasteiger partial charge in [0.25, 0.3) is 0 Å². The van der Waals surface area contributed by atoms with Crippen LogP contribution in [0, 0.1) is 0 Å². The number of carbonyl (C=O) groups is 2. The molecule has 96 valence electrons. The highest BCUT2D eigenvalue weighted by molar-refractivity contribution is 7.99. The van der Waals surface area contributed by atoms with Crippen molar-refractivity contribution in [3.8, 4) is 0 Å². The normalized spacial score (nSPS) is 23.1. The number of nitrogens with one attached hydrogen (secondary N) is 2. The molecule has 0 aromatic carbocycles. The van der Waals surface area contributed by atoms with Gasteiger partial charge in [0, 0.05) is 11.3 Å². The number of nitrogens with two attached hydrogens (primary N) is 1. The summed E-state index contributed by atoms with van der Waals surface area (Å²) < 4.78 is 0. The summed E-state index contributed by atoms with van der Waals surface area (Å²) in [6.07, 6.45) is 5.12. The molecule has 0 spiro atoms. The molecule has 2 amide bonds. The first kappa shape index (κ1) is 14.2. The van der Waals surface area contributed by atoms with E-state index in [0.717, 1.165) is 19.3 Å². The number of amides is 2. The first-order valence-corrected chi connectivity index (χ1v) is 7.14. The summed E-state index contributed by atoms with van der Waals surface area (Å²) in [5.74, 6) is -1.28. The lowest BCUT2D eigenvalue weighted by Crippen LogP contribution is -2.47. The van der Waals surface area contributed by atoms with Crippen LogP contribution in [-0.4, -0.2) is 40.9 Å². The number of hydrogen-bond acceptors (Lipinski definition) is 4. The van der Waals surface area contributed by atoms with Crippen LogP contribution in [0.4, 0.5) is 0 Å². The van der Waals surface area contributed by atoms with Gasteiger partial charge in [-0.15, -0.1) is 0 Å². The van der Waals surface area contributed by atoms with E-state index in [2.05, 4.69) is 22.9 Å². The van der Waals surface area contributed by atoms with Crippen LogP contribution in [-0.2, 0) is 9.59 Å². The molecular weight excluding hydrogens is 258 g/mol. The fraction of sp³-hybridized carbons (Fsp3) is 0.700. The van der Waals surface area contributed by atoms with Gasteiger partial charge in [0.15, 0.2) is 0 Å². The van der Waals surface area contributed by atoms with Gasteiger partial charge in [0.1, 0.15) is 0 Å². The SMILES string of the molecule is CSC1CCCC1NC(=O)C(=O)NCC(N)=S. The van der Waals surface area contributed by atoms with Gasteiger partial charge < -0.3 is 16.4 Å². The maximum Gasteiger partial charge on any atom is 0.309 e. The first-order valence-electron chi connectivity index (χ1n) is 5.44. The molecule has 0 aromatic rings. The summed E-state index contributed by atoms with van der Waals surface area (Å²) >= 11 is 6.33. The van der Waals surface area contributed by atoms with Crippen LogP contribution >= 0.6 is 24.0 Å². The van der Waals surface area contributed by atoms with Crippen molar-refractivity contribution in [2.24, 2.45) is 5.73 Å². The van der Waals surface area contributed by atoms with E-state index in [1.165, 1.54) is 0 Å².